The summed E-state index contributed by atoms with van der Waals surface area (Å²) < 4.78 is 0. The quantitative estimate of drug-likeness (QED) is 0.358. The molecular formula is C18H33IN4. The first-order valence-corrected chi connectivity index (χ1v) is 8.51. The third kappa shape index (κ3) is 9.15. The van der Waals surface area contributed by atoms with Gasteiger partial charge >= 0.3 is 0 Å². The second-order valence-electron chi connectivity index (χ2n) is 5.45. The molecule has 0 fully saturated rings. The molecule has 1 unspecified atom stereocenters. The Morgan fingerprint density at radius 2 is 1.74 bits per heavy atom. The topological polar surface area (TPSA) is 39.7 Å². The summed E-state index contributed by atoms with van der Waals surface area (Å²) in [7, 11) is 0. The number of nitrogens with one attached hydrogen (secondary N) is 2. The Morgan fingerprint density at radius 3 is 2.30 bits per heavy atom. The van der Waals surface area contributed by atoms with E-state index in [0.717, 1.165) is 45.1 Å². The van der Waals surface area contributed by atoms with Gasteiger partial charge in [-0.15, -0.1) is 24.0 Å². The molecule has 0 saturated heterocycles. The molecule has 23 heavy (non-hydrogen) atoms. The van der Waals surface area contributed by atoms with E-state index in [1.54, 1.807) is 0 Å². The lowest BCUT2D eigenvalue weighted by molar-refractivity contribution is 0.237. The van der Waals surface area contributed by atoms with Crippen LogP contribution in [0.3, 0.4) is 0 Å². The van der Waals surface area contributed by atoms with Gasteiger partial charge in [-0.3, -0.25) is 9.89 Å². The molecule has 4 nitrogen and oxygen atoms in total. The predicted octanol–water partition coefficient (Wildman–Crippen LogP) is 3.13. The van der Waals surface area contributed by atoms with Crippen LogP contribution < -0.4 is 10.6 Å². The average Bonchev–Trinajstić information content (AvgIpc) is 2.54. The molecule has 1 atom stereocenters. The van der Waals surface area contributed by atoms with Crippen LogP contribution in [0.25, 0.3) is 0 Å². The minimum absolute atomic E-state index is 0. The highest BCUT2D eigenvalue weighted by atomic mass is 127. The zero-order chi connectivity index (χ0) is 16.2. The molecule has 0 heterocycles. The van der Waals surface area contributed by atoms with Crippen molar-refractivity contribution in [1.29, 1.82) is 0 Å². The van der Waals surface area contributed by atoms with Crippen LogP contribution in [0.2, 0.25) is 0 Å². The fraction of sp³-hybridized carbons (Fsp3) is 0.611. The minimum Gasteiger partial charge on any atom is -0.357 e. The number of hydrogen-bond acceptors (Lipinski definition) is 2. The van der Waals surface area contributed by atoms with Crippen LogP contribution >= 0.6 is 24.0 Å². The fourth-order valence-corrected chi connectivity index (χ4v) is 2.50. The summed E-state index contributed by atoms with van der Waals surface area (Å²) in [4.78, 5) is 7.14. The molecule has 1 aromatic carbocycles. The lowest BCUT2D eigenvalue weighted by atomic mass is 10.1. The van der Waals surface area contributed by atoms with Crippen molar-refractivity contribution in [3.8, 4) is 0 Å². The number of nitrogens with zero attached hydrogens (tertiary/aromatic N) is 2. The standard InChI is InChI=1S/C18H32N4.HI/c1-5-19-18(21-15-16(4)22(6-2)7-3)20-14-13-17-11-9-8-10-12-17;/h8-12,16H,5-7,13-15H2,1-4H3,(H2,19,20,21);1H. The Bertz CT molecular complexity index is 418. The molecule has 0 radical (unpaired) electrons. The zero-order valence-corrected chi connectivity index (χ0v) is 17.3. The molecule has 0 aromatic heterocycles. The molecule has 1 aromatic rings. The van der Waals surface area contributed by atoms with Gasteiger partial charge in [0.15, 0.2) is 5.96 Å². The van der Waals surface area contributed by atoms with Crippen LogP contribution in [0.4, 0.5) is 0 Å². The van der Waals surface area contributed by atoms with Crippen LogP contribution in [0.5, 0.6) is 0 Å². The largest absolute Gasteiger partial charge is 0.357 e. The van der Waals surface area contributed by atoms with Crippen LogP contribution in [0.15, 0.2) is 35.3 Å². The maximum absolute atomic E-state index is 4.71. The van der Waals surface area contributed by atoms with Gasteiger partial charge in [-0.25, -0.2) is 0 Å². The molecule has 0 amide bonds. The number of rotatable bonds is 9. The van der Waals surface area contributed by atoms with Crippen molar-refractivity contribution in [2.75, 3.05) is 32.7 Å². The fourth-order valence-electron chi connectivity index (χ4n) is 2.50. The zero-order valence-electron chi connectivity index (χ0n) is 15.0. The van der Waals surface area contributed by atoms with Crippen molar-refractivity contribution in [2.24, 2.45) is 4.99 Å². The molecule has 0 bridgehead atoms. The second-order valence-corrected chi connectivity index (χ2v) is 5.45. The van der Waals surface area contributed by atoms with Crippen LogP contribution in [0.1, 0.15) is 33.3 Å². The Kier molecular flexibility index (Phi) is 13.1. The smallest absolute Gasteiger partial charge is 0.191 e. The number of aliphatic imine (C=N–C) groups is 1. The highest BCUT2D eigenvalue weighted by Gasteiger charge is 2.09. The Hall–Kier alpha value is -0.820. The first-order valence-electron chi connectivity index (χ1n) is 8.51. The molecule has 0 aliphatic carbocycles. The molecule has 132 valence electrons. The third-order valence-electron chi connectivity index (χ3n) is 3.84. The molecule has 0 aliphatic heterocycles. The van der Waals surface area contributed by atoms with Crippen molar-refractivity contribution >= 4 is 29.9 Å². The van der Waals surface area contributed by atoms with Gasteiger partial charge in [0, 0.05) is 19.1 Å². The average molecular weight is 432 g/mol. The van der Waals surface area contributed by atoms with Gasteiger partial charge in [0.1, 0.15) is 0 Å². The van der Waals surface area contributed by atoms with Gasteiger partial charge < -0.3 is 10.6 Å². The van der Waals surface area contributed by atoms with Crippen molar-refractivity contribution in [1.82, 2.24) is 15.5 Å². The third-order valence-corrected chi connectivity index (χ3v) is 3.84. The van der Waals surface area contributed by atoms with Crippen molar-refractivity contribution in [3.63, 3.8) is 0 Å². The van der Waals surface area contributed by atoms with Crippen molar-refractivity contribution in [3.05, 3.63) is 35.9 Å². The number of halogens is 1. The van der Waals surface area contributed by atoms with E-state index in [9.17, 15) is 0 Å². The van der Waals surface area contributed by atoms with E-state index < -0.39 is 0 Å². The monoisotopic (exact) mass is 432 g/mol. The SMILES string of the molecule is CCNC(=NCC(C)N(CC)CC)NCCc1ccccc1.I. The minimum atomic E-state index is 0. The van der Waals surface area contributed by atoms with Gasteiger partial charge in [-0.1, -0.05) is 44.2 Å². The summed E-state index contributed by atoms with van der Waals surface area (Å²) in [5.41, 5.74) is 1.35. The van der Waals surface area contributed by atoms with E-state index in [1.807, 2.05) is 0 Å². The van der Waals surface area contributed by atoms with Crippen LogP contribution in [0, 0.1) is 0 Å². The summed E-state index contributed by atoms with van der Waals surface area (Å²) in [6, 6.07) is 11.0. The highest BCUT2D eigenvalue weighted by molar-refractivity contribution is 14.0. The molecule has 0 aliphatic rings. The number of hydrogen-bond donors (Lipinski definition) is 2. The van der Waals surface area contributed by atoms with E-state index in [4.69, 9.17) is 4.99 Å². The summed E-state index contributed by atoms with van der Waals surface area (Å²) in [6.45, 7) is 13.5. The lowest BCUT2D eigenvalue weighted by Gasteiger charge is -2.25. The molecule has 0 saturated carbocycles. The first-order chi connectivity index (χ1) is 10.7. The van der Waals surface area contributed by atoms with E-state index in [1.165, 1.54) is 5.56 Å². The number of benzene rings is 1. The van der Waals surface area contributed by atoms with Gasteiger partial charge in [0.25, 0.3) is 0 Å². The molecule has 0 spiro atoms. The first kappa shape index (κ1) is 22.2. The van der Waals surface area contributed by atoms with Gasteiger partial charge in [0.05, 0.1) is 6.54 Å². The Morgan fingerprint density at radius 1 is 1.09 bits per heavy atom. The normalized spacial score (nSPS) is 12.7. The van der Waals surface area contributed by atoms with Gasteiger partial charge in [-0.05, 0) is 38.9 Å². The van der Waals surface area contributed by atoms with Crippen LogP contribution in [-0.4, -0.2) is 49.6 Å². The summed E-state index contributed by atoms with van der Waals surface area (Å²) in [5, 5.41) is 6.74. The molecule has 2 N–H and O–H groups in total. The Labute approximate surface area is 159 Å². The van der Waals surface area contributed by atoms with Gasteiger partial charge in [0.2, 0.25) is 0 Å². The number of guanidine groups is 1. The van der Waals surface area contributed by atoms with E-state index in [0.29, 0.717) is 6.04 Å². The maximum atomic E-state index is 4.71. The number of likely N-dealkylation sites (N-methyl/N-ethyl adjacent to an activating group) is 1. The summed E-state index contributed by atoms with van der Waals surface area (Å²) >= 11 is 0. The van der Waals surface area contributed by atoms with Gasteiger partial charge in [-0.2, -0.15) is 0 Å². The van der Waals surface area contributed by atoms with Crippen molar-refractivity contribution in [2.45, 2.75) is 40.2 Å². The second kappa shape index (κ2) is 13.6. The summed E-state index contributed by atoms with van der Waals surface area (Å²) in [6.07, 6.45) is 1.01. The van der Waals surface area contributed by atoms with Crippen LogP contribution in [-0.2, 0) is 6.42 Å². The van der Waals surface area contributed by atoms with Crippen molar-refractivity contribution < 1.29 is 0 Å². The Balaban J connectivity index is 0.00000484. The lowest BCUT2D eigenvalue weighted by Crippen LogP contribution is -2.40. The predicted molar refractivity (Wildman–Crippen MR) is 112 cm³/mol. The van der Waals surface area contributed by atoms with E-state index >= 15 is 0 Å². The van der Waals surface area contributed by atoms with E-state index in [2.05, 4.69) is 73.6 Å². The summed E-state index contributed by atoms with van der Waals surface area (Å²) in [5.74, 6) is 0.914. The van der Waals surface area contributed by atoms with E-state index in [-0.39, 0.29) is 24.0 Å². The molecule has 5 heteroatoms. The maximum Gasteiger partial charge on any atom is 0.191 e. The highest BCUT2D eigenvalue weighted by Crippen LogP contribution is 1.99. The molecule has 1 rings (SSSR count). The molecular weight excluding hydrogens is 399 g/mol.